The topological polar surface area (TPSA) is 43.6 Å². The number of nitrogens with zero attached hydrogens (tertiary/aromatic N) is 4. The van der Waals surface area contributed by atoms with Gasteiger partial charge in [0.2, 0.25) is 0 Å². The SMILES string of the molecule is [2H]C([2H])([2H])c1ccc(-c2[c-]cccc2)nc1.[Ir].[c-]1sc2ccc(Cc3ccccn3)cc2c1-c1nc2ccccc2n1-c1c(-c2ccccc2)cccc1-c1ccccc1. The molecule has 0 fully saturated rings. The Morgan fingerprint density at radius 2 is 1.42 bits per heavy atom. The quantitative estimate of drug-likeness (QED) is 0.150. The van der Waals surface area contributed by atoms with E-state index in [-0.39, 0.29) is 25.7 Å². The van der Waals surface area contributed by atoms with E-state index in [1.165, 1.54) is 16.5 Å². The third kappa shape index (κ3) is 8.03. The fourth-order valence-electron chi connectivity index (χ4n) is 7.02. The summed E-state index contributed by atoms with van der Waals surface area (Å²) in [5.41, 5.74) is 12.9. The first-order chi connectivity index (χ1) is 28.9. The Hall–Kier alpha value is -6.30. The summed E-state index contributed by atoms with van der Waals surface area (Å²) >= 11 is 1.64. The van der Waals surface area contributed by atoms with Crippen molar-refractivity contribution >= 4 is 32.5 Å². The number of imidazole rings is 1. The molecule has 0 unspecified atom stereocenters. The van der Waals surface area contributed by atoms with Crippen LogP contribution >= 0.6 is 11.3 Å². The van der Waals surface area contributed by atoms with E-state index >= 15 is 0 Å². The monoisotopic (exact) mass is 932 g/mol. The van der Waals surface area contributed by atoms with Crippen molar-refractivity contribution in [2.75, 3.05) is 0 Å². The maximum Gasteiger partial charge on any atom is 0.0774 e. The van der Waals surface area contributed by atoms with Crippen molar-refractivity contribution in [3.05, 3.63) is 217 Å². The number of fused-ring (bicyclic) bond motifs is 2. The molecule has 0 saturated heterocycles. The van der Waals surface area contributed by atoms with Crippen LogP contribution in [-0.2, 0) is 26.5 Å². The second kappa shape index (κ2) is 17.2. The predicted octanol–water partition coefficient (Wildman–Crippen LogP) is 12.9. The second-order valence-corrected chi connectivity index (χ2v) is 14.2. The largest absolute Gasteiger partial charge is 0.332 e. The molecule has 0 amide bonds. The maximum atomic E-state index is 7.23. The summed E-state index contributed by atoms with van der Waals surface area (Å²) in [5.74, 6) is 0.892. The Morgan fingerprint density at radius 1 is 0.684 bits per heavy atom. The van der Waals surface area contributed by atoms with Gasteiger partial charge in [0.1, 0.15) is 0 Å². The summed E-state index contributed by atoms with van der Waals surface area (Å²) in [7, 11) is 0. The van der Waals surface area contributed by atoms with Crippen LogP contribution in [0.5, 0.6) is 0 Å². The molecule has 6 aromatic carbocycles. The normalized spacial score (nSPS) is 11.8. The Kier molecular flexibility index (Phi) is 10.3. The van der Waals surface area contributed by atoms with Crippen LogP contribution in [0.25, 0.3) is 71.7 Å². The number of aromatic nitrogens is 4. The van der Waals surface area contributed by atoms with Crippen LogP contribution in [0.4, 0.5) is 0 Å². The molecule has 0 N–H and O–H groups in total. The molecule has 0 aliphatic carbocycles. The molecule has 10 rings (SSSR count). The Labute approximate surface area is 354 Å². The average Bonchev–Trinajstić information content (AvgIpc) is 3.88. The first kappa shape index (κ1) is 34.0. The van der Waals surface area contributed by atoms with Crippen molar-refractivity contribution in [3.8, 4) is 50.6 Å². The molecule has 0 atom stereocenters. The van der Waals surface area contributed by atoms with Gasteiger partial charge in [-0.1, -0.05) is 143 Å². The van der Waals surface area contributed by atoms with Gasteiger partial charge in [-0.05, 0) is 53.5 Å². The molecule has 1 radical (unpaired) electrons. The van der Waals surface area contributed by atoms with Crippen LogP contribution in [0.15, 0.2) is 188 Å². The molecule has 0 spiro atoms. The molecule has 0 aliphatic heterocycles. The number of thiophene rings is 1. The van der Waals surface area contributed by atoms with E-state index in [0.29, 0.717) is 0 Å². The van der Waals surface area contributed by atoms with Gasteiger partial charge < -0.3 is 9.55 Å². The van der Waals surface area contributed by atoms with Gasteiger partial charge in [0, 0.05) is 59.9 Å². The molecular formula is C51H36IrN4S-2. The van der Waals surface area contributed by atoms with Crippen LogP contribution in [0.2, 0.25) is 0 Å². The molecule has 4 aromatic heterocycles. The molecular weight excluding hydrogens is 893 g/mol. The molecule has 277 valence electrons. The maximum absolute atomic E-state index is 7.23. The van der Waals surface area contributed by atoms with Crippen LogP contribution in [0.1, 0.15) is 20.9 Å². The van der Waals surface area contributed by atoms with Crippen LogP contribution in [0.3, 0.4) is 0 Å². The third-order valence-corrected chi connectivity index (χ3v) is 10.5. The standard InChI is InChI=1S/C39H26N3S.C12H10N.Ir/c1-3-12-28(13-4-1)31-17-11-18-32(29-14-5-2-6-15-29)38(31)42-36-20-8-7-19-35(36)41-39(42)34-26-43-37-22-21-27(25-33(34)37)24-30-16-9-10-23-40-30;1-10-7-8-12(13-9-10)11-5-3-2-4-6-11;/h1-23,25H,24H2;2-5,7-9H,1H3;/q2*-1;/i;1D3;. The molecule has 4 nitrogen and oxygen atoms in total. The van der Waals surface area contributed by atoms with Crippen LogP contribution < -0.4 is 0 Å². The summed E-state index contributed by atoms with van der Waals surface area (Å²) in [4.78, 5) is 14.0. The van der Waals surface area contributed by atoms with E-state index in [1.54, 1.807) is 29.5 Å². The Morgan fingerprint density at radius 3 is 2.11 bits per heavy atom. The zero-order valence-electron chi connectivity index (χ0n) is 33.6. The summed E-state index contributed by atoms with van der Waals surface area (Å²) in [6.07, 6.45) is 4.02. The van der Waals surface area contributed by atoms with E-state index in [0.717, 1.165) is 79.1 Å². The number of hydrogen-bond acceptors (Lipinski definition) is 4. The smallest absolute Gasteiger partial charge is 0.0774 e. The first-order valence-corrected chi connectivity index (χ1v) is 19.2. The summed E-state index contributed by atoms with van der Waals surface area (Å²) in [6, 6.07) is 62.8. The number of para-hydroxylation sites is 3. The van der Waals surface area contributed by atoms with Crippen molar-refractivity contribution in [1.82, 2.24) is 19.5 Å². The second-order valence-electron chi connectivity index (χ2n) is 13.3. The zero-order chi connectivity index (χ0) is 40.2. The van der Waals surface area contributed by atoms with Crippen molar-refractivity contribution < 1.29 is 24.2 Å². The predicted molar refractivity (Wildman–Crippen MR) is 232 cm³/mol. The van der Waals surface area contributed by atoms with E-state index in [9.17, 15) is 0 Å². The fraction of sp³-hybridized carbons (Fsp3) is 0.0392. The molecule has 6 heteroatoms. The number of hydrogen-bond donors (Lipinski definition) is 0. The molecule has 4 heterocycles. The van der Waals surface area contributed by atoms with Gasteiger partial charge in [0.25, 0.3) is 0 Å². The van der Waals surface area contributed by atoms with Crippen molar-refractivity contribution in [2.45, 2.75) is 13.3 Å². The molecule has 10 aromatic rings. The minimum atomic E-state index is -2.09. The van der Waals surface area contributed by atoms with Gasteiger partial charge >= 0.3 is 0 Å². The molecule has 0 saturated carbocycles. The number of benzene rings is 6. The number of aryl methyl sites for hydroxylation is 1. The van der Waals surface area contributed by atoms with Crippen LogP contribution in [-0.4, -0.2) is 19.5 Å². The molecule has 0 bridgehead atoms. The van der Waals surface area contributed by atoms with Crippen molar-refractivity contribution in [3.63, 3.8) is 0 Å². The zero-order valence-corrected chi connectivity index (χ0v) is 33.8. The van der Waals surface area contributed by atoms with Gasteiger partial charge in [0.15, 0.2) is 0 Å². The summed E-state index contributed by atoms with van der Waals surface area (Å²) < 4.78 is 25.2. The van der Waals surface area contributed by atoms with Gasteiger partial charge in [0.05, 0.1) is 22.5 Å². The first-order valence-electron chi connectivity index (χ1n) is 19.9. The molecule has 57 heavy (non-hydrogen) atoms. The van der Waals surface area contributed by atoms with Gasteiger partial charge in [-0.2, -0.15) is 0 Å². The number of rotatable bonds is 7. The fourth-order valence-corrected chi connectivity index (χ4v) is 7.84. The van der Waals surface area contributed by atoms with Gasteiger partial charge in [-0.15, -0.1) is 47.3 Å². The number of pyridine rings is 2. The van der Waals surface area contributed by atoms with Gasteiger partial charge in [-0.3, -0.25) is 21.3 Å². The average molecular weight is 932 g/mol. The third-order valence-electron chi connectivity index (χ3n) is 9.65. The van der Waals surface area contributed by atoms with E-state index in [1.807, 2.05) is 36.5 Å². The van der Waals surface area contributed by atoms with Crippen LogP contribution in [0, 0.1) is 18.3 Å². The van der Waals surface area contributed by atoms with E-state index in [4.69, 9.17) is 9.10 Å². The van der Waals surface area contributed by atoms with Crippen molar-refractivity contribution in [1.29, 1.82) is 0 Å². The van der Waals surface area contributed by atoms with E-state index in [2.05, 4.69) is 153 Å². The minimum absolute atomic E-state index is 0. The minimum Gasteiger partial charge on any atom is -0.332 e. The van der Waals surface area contributed by atoms with Crippen molar-refractivity contribution in [2.24, 2.45) is 0 Å². The molecule has 0 aliphatic rings. The summed E-state index contributed by atoms with van der Waals surface area (Å²) in [5, 5.41) is 4.81. The summed E-state index contributed by atoms with van der Waals surface area (Å²) in [6.45, 7) is -2.09. The van der Waals surface area contributed by atoms with Gasteiger partial charge in [-0.25, -0.2) is 0 Å². The Balaban J connectivity index is 0.000000248. The Bertz CT molecular complexity index is 2930. The van der Waals surface area contributed by atoms with E-state index < -0.39 is 6.85 Å².